The number of anilines is 2. The van der Waals surface area contributed by atoms with E-state index in [1.54, 1.807) is 0 Å². The number of rotatable bonds is 3. The number of aromatic nitrogens is 2. The van der Waals surface area contributed by atoms with Gasteiger partial charge in [-0.25, -0.2) is 4.98 Å². The van der Waals surface area contributed by atoms with E-state index in [0.717, 1.165) is 37.4 Å². The quantitative estimate of drug-likeness (QED) is 0.821. The number of hydrogen-bond donors (Lipinski definition) is 2. The molecule has 0 aliphatic carbocycles. The summed E-state index contributed by atoms with van der Waals surface area (Å²) >= 11 is 0. The fourth-order valence-corrected chi connectivity index (χ4v) is 2.25. The molecule has 0 radical (unpaired) electrons. The fourth-order valence-electron chi connectivity index (χ4n) is 2.25. The van der Waals surface area contributed by atoms with Crippen molar-refractivity contribution in [2.45, 2.75) is 19.8 Å². The SMILES string of the molecule is CNc1nc(C)cc(N2CCC[C@H](CO)C2)n1. The van der Waals surface area contributed by atoms with Gasteiger partial charge in [-0.05, 0) is 25.7 Å². The first-order valence-electron chi connectivity index (χ1n) is 6.12. The second kappa shape index (κ2) is 5.31. The molecule has 0 saturated carbocycles. The standard InChI is InChI=1S/C12H20N4O/c1-9-6-11(15-12(13-2)14-9)16-5-3-4-10(7-16)8-17/h6,10,17H,3-5,7-8H2,1-2H3,(H,13,14,15)/t10-/m0/s1. The molecular weight excluding hydrogens is 216 g/mol. The number of piperidine rings is 1. The van der Waals surface area contributed by atoms with Gasteiger partial charge in [-0.2, -0.15) is 4.98 Å². The molecule has 0 bridgehead atoms. The van der Waals surface area contributed by atoms with Crippen LogP contribution in [0.5, 0.6) is 0 Å². The molecule has 2 N–H and O–H groups in total. The monoisotopic (exact) mass is 236 g/mol. The van der Waals surface area contributed by atoms with Gasteiger partial charge in [0, 0.05) is 38.5 Å². The van der Waals surface area contributed by atoms with Crippen LogP contribution in [0.25, 0.3) is 0 Å². The lowest BCUT2D eigenvalue weighted by atomic mass is 9.99. The average Bonchev–Trinajstić information content (AvgIpc) is 2.38. The lowest BCUT2D eigenvalue weighted by Gasteiger charge is -2.32. The van der Waals surface area contributed by atoms with Crippen LogP contribution in [0, 0.1) is 12.8 Å². The highest BCUT2D eigenvalue weighted by Gasteiger charge is 2.20. The van der Waals surface area contributed by atoms with Gasteiger partial charge >= 0.3 is 0 Å². The number of nitrogens with one attached hydrogen (secondary N) is 1. The summed E-state index contributed by atoms with van der Waals surface area (Å²) in [5.41, 5.74) is 0.963. The summed E-state index contributed by atoms with van der Waals surface area (Å²) in [4.78, 5) is 11.0. The van der Waals surface area contributed by atoms with Gasteiger partial charge in [0.25, 0.3) is 0 Å². The highest BCUT2D eigenvalue weighted by molar-refractivity contribution is 5.44. The Morgan fingerprint density at radius 1 is 1.53 bits per heavy atom. The predicted octanol–water partition coefficient (Wildman–Crippen LogP) is 1.04. The summed E-state index contributed by atoms with van der Waals surface area (Å²) in [6, 6.07) is 2.00. The largest absolute Gasteiger partial charge is 0.396 e. The van der Waals surface area contributed by atoms with Crippen LogP contribution in [0.15, 0.2) is 6.07 Å². The first-order valence-corrected chi connectivity index (χ1v) is 6.12. The maximum Gasteiger partial charge on any atom is 0.224 e. The third kappa shape index (κ3) is 2.85. The van der Waals surface area contributed by atoms with Gasteiger partial charge in [0.2, 0.25) is 5.95 Å². The second-order valence-electron chi connectivity index (χ2n) is 4.58. The van der Waals surface area contributed by atoms with Crippen molar-refractivity contribution in [2.24, 2.45) is 5.92 Å². The van der Waals surface area contributed by atoms with E-state index in [1.165, 1.54) is 0 Å². The Morgan fingerprint density at radius 3 is 3.06 bits per heavy atom. The Morgan fingerprint density at radius 2 is 2.35 bits per heavy atom. The molecule has 1 aromatic heterocycles. The lowest BCUT2D eigenvalue weighted by molar-refractivity contribution is 0.208. The van der Waals surface area contributed by atoms with E-state index < -0.39 is 0 Å². The lowest BCUT2D eigenvalue weighted by Crippen LogP contribution is -2.37. The normalized spacial score (nSPS) is 20.4. The van der Waals surface area contributed by atoms with Crippen molar-refractivity contribution < 1.29 is 5.11 Å². The Bertz CT molecular complexity index is 383. The third-order valence-corrected chi connectivity index (χ3v) is 3.17. The zero-order valence-corrected chi connectivity index (χ0v) is 10.5. The first kappa shape index (κ1) is 12.1. The van der Waals surface area contributed by atoms with Gasteiger partial charge in [-0.1, -0.05) is 0 Å². The molecule has 5 heteroatoms. The molecule has 17 heavy (non-hydrogen) atoms. The molecule has 94 valence electrons. The highest BCUT2D eigenvalue weighted by atomic mass is 16.3. The molecular formula is C12H20N4O. The molecule has 0 spiro atoms. The van der Waals surface area contributed by atoms with Gasteiger partial charge in [-0.15, -0.1) is 0 Å². The van der Waals surface area contributed by atoms with Crippen molar-refractivity contribution in [1.29, 1.82) is 0 Å². The van der Waals surface area contributed by atoms with E-state index in [4.69, 9.17) is 0 Å². The molecule has 0 aromatic carbocycles. The van der Waals surface area contributed by atoms with Gasteiger partial charge in [0.05, 0.1) is 0 Å². The van der Waals surface area contributed by atoms with Crippen molar-refractivity contribution >= 4 is 11.8 Å². The van der Waals surface area contributed by atoms with Crippen molar-refractivity contribution in [2.75, 3.05) is 37.0 Å². The average molecular weight is 236 g/mol. The molecule has 1 aliphatic rings. The molecule has 2 rings (SSSR count). The molecule has 5 nitrogen and oxygen atoms in total. The minimum Gasteiger partial charge on any atom is -0.396 e. The minimum absolute atomic E-state index is 0.263. The van der Waals surface area contributed by atoms with Gasteiger partial charge in [0.15, 0.2) is 0 Å². The minimum atomic E-state index is 0.263. The predicted molar refractivity (Wildman–Crippen MR) is 68.3 cm³/mol. The maximum absolute atomic E-state index is 9.24. The van der Waals surface area contributed by atoms with Crippen LogP contribution in [-0.2, 0) is 0 Å². The smallest absolute Gasteiger partial charge is 0.224 e. The van der Waals surface area contributed by atoms with Crippen molar-refractivity contribution in [3.05, 3.63) is 11.8 Å². The molecule has 1 aliphatic heterocycles. The Balaban J connectivity index is 2.18. The summed E-state index contributed by atoms with van der Waals surface area (Å²) in [6.45, 7) is 4.13. The van der Waals surface area contributed by atoms with Crippen LogP contribution >= 0.6 is 0 Å². The summed E-state index contributed by atoms with van der Waals surface area (Å²) in [6.07, 6.45) is 2.22. The summed E-state index contributed by atoms with van der Waals surface area (Å²) in [5.74, 6) is 1.99. The van der Waals surface area contributed by atoms with Crippen LogP contribution in [0.2, 0.25) is 0 Å². The van der Waals surface area contributed by atoms with Gasteiger partial charge < -0.3 is 15.3 Å². The van der Waals surface area contributed by atoms with E-state index in [0.29, 0.717) is 11.9 Å². The molecule has 1 saturated heterocycles. The van der Waals surface area contributed by atoms with E-state index in [1.807, 2.05) is 20.0 Å². The Labute approximate surface area is 102 Å². The molecule has 1 atom stereocenters. The molecule has 0 amide bonds. The van der Waals surface area contributed by atoms with Crippen molar-refractivity contribution in [3.63, 3.8) is 0 Å². The zero-order valence-electron chi connectivity index (χ0n) is 10.5. The van der Waals surface area contributed by atoms with E-state index in [2.05, 4.69) is 20.2 Å². The first-order chi connectivity index (χ1) is 8.22. The van der Waals surface area contributed by atoms with E-state index in [9.17, 15) is 5.11 Å². The zero-order chi connectivity index (χ0) is 12.3. The summed E-state index contributed by atoms with van der Waals surface area (Å²) in [7, 11) is 1.82. The molecule has 2 heterocycles. The van der Waals surface area contributed by atoms with Gasteiger partial charge in [-0.3, -0.25) is 0 Å². The number of hydrogen-bond acceptors (Lipinski definition) is 5. The molecule has 1 fully saturated rings. The van der Waals surface area contributed by atoms with E-state index in [-0.39, 0.29) is 6.61 Å². The number of aliphatic hydroxyl groups is 1. The van der Waals surface area contributed by atoms with Gasteiger partial charge in [0.1, 0.15) is 5.82 Å². The second-order valence-corrected chi connectivity index (χ2v) is 4.58. The van der Waals surface area contributed by atoms with E-state index >= 15 is 0 Å². The Hall–Kier alpha value is -1.36. The number of aliphatic hydroxyl groups excluding tert-OH is 1. The maximum atomic E-state index is 9.24. The molecule has 1 aromatic rings. The highest BCUT2D eigenvalue weighted by Crippen LogP contribution is 2.22. The Kier molecular flexibility index (Phi) is 3.78. The summed E-state index contributed by atoms with van der Waals surface area (Å²) in [5, 5.41) is 12.2. The van der Waals surface area contributed by atoms with Crippen molar-refractivity contribution in [3.8, 4) is 0 Å². The van der Waals surface area contributed by atoms with Crippen LogP contribution in [0.4, 0.5) is 11.8 Å². The van der Waals surface area contributed by atoms with Crippen LogP contribution < -0.4 is 10.2 Å². The topological polar surface area (TPSA) is 61.3 Å². The fraction of sp³-hybridized carbons (Fsp3) is 0.667. The van der Waals surface area contributed by atoms with Crippen molar-refractivity contribution in [1.82, 2.24) is 9.97 Å². The van der Waals surface area contributed by atoms with Crippen LogP contribution in [0.3, 0.4) is 0 Å². The summed E-state index contributed by atoms with van der Waals surface area (Å²) < 4.78 is 0. The number of nitrogens with zero attached hydrogens (tertiary/aromatic N) is 3. The number of aryl methyl sites for hydroxylation is 1. The molecule has 0 unspecified atom stereocenters. The van der Waals surface area contributed by atoms with Crippen LogP contribution in [0.1, 0.15) is 18.5 Å². The van der Waals surface area contributed by atoms with Crippen LogP contribution in [-0.4, -0.2) is 41.8 Å². The third-order valence-electron chi connectivity index (χ3n) is 3.17.